The Morgan fingerprint density at radius 1 is 1.30 bits per heavy atom. The van der Waals surface area contributed by atoms with E-state index < -0.39 is 10.0 Å². The highest BCUT2D eigenvalue weighted by atomic mass is 32.2. The van der Waals surface area contributed by atoms with Crippen LogP contribution >= 0.6 is 0 Å². The normalized spacial score (nSPS) is 12.0. The number of primary sulfonamides is 1. The van der Waals surface area contributed by atoms with Crippen LogP contribution in [0.15, 0.2) is 35.4 Å². The lowest BCUT2D eigenvalue weighted by Crippen LogP contribution is -2.20. The summed E-state index contributed by atoms with van der Waals surface area (Å²) >= 11 is 0. The molecule has 0 unspecified atom stereocenters. The van der Waals surface area contributed by atoms with Crippen LogP contribution in [-0.2, 0) is 16.6 Å². The van der Waals surface area contributed by atoms with Gasteiger partial charge in [0.25, 0.3) is 5.91 Å². The summed E-state index contributed by atoms with van der Waals surface area (Å²) in [6, 6.07) is 6.47. The van der Waals surface area contributed by atoms with Gasteiger partial charge in [-0.3, -0.25) is 4.79 Å². The number of nitrogens with zero attached hydrogens (tertiary/aromatic N) is 2. The van der Waals surface area contributed by atoms with Gasteiger partial charge < -0.3 is 9.88 Å². The zero-order valence-electron chi connectivity index (χ0n) is 12.7. The van der Waals surface area contributed by atoms with Crippen LogP contribution in [0.3, 0.4) is 0 Å². The number of carbonyl (C=O) groups is 1. The van der Waals surface area contributed by atoms with Crippen LogP contribution in [0.5, 0.6) is 0 Å². The molecule has 0 saturated heterocycles. The van der Waals surface area contributed by atoms with Gasteiger partial charge in [-0.25, -0.2) is 18.5 Å². The second kappa shape index (κ2) is 5.32. The SMILES string of the molecule is CCn1c2ccc(S(N)(=O)=O)cc2c2ccnc(C(=O)NC)c21. The molecular formula is C15H16N4O3S. The number of aromatic nitrogens is 2. The van der Waals surface area contributed by atoms with Crippen molar-refractivity contribution in [2.75, 3.05) is 7.05 Å². The summed E-state index contributed by atoms with van der Waals surface area (Å²) in [7, 11) is -2.25. The van der Waals surface area contributed by atoms with Crippen molar-refractivity contribution < 1.29 is 13.2 Å². The lowest BCUT2D eigenvalue weighted by molar-refractivity contribution is 0.0959. The zero-order chi connectivity index (χ0) is 16.8. The summed E-state index contributed by atoms with van der Waals surface area (Å²) in [5, 5.41) is 9.28. The number of sulfonamides is 1. The average Bonchev–Trinajstić information content (AvgIpc) is 2.86. The lowest BCUT2D eigenvalue weighted by Gasteiger charge is -2.06. The molecule has 0 spiro atoms. The van der Waals surface area contributed by atoms with Gasteiger partial charge in [-0.15, -0.1) is 0 Å². The number of aryl methyl sites for hydroxylation is 1. The summed E-state index contributed by atoms with van der Waals surface area (Å²) < 4.78 is 25.1. The standard InChI is InChI=1S/C15H16N4O3S/c1-3-19-12-5-4-9(23(16,21)22)8-11(12)10-6-7-18-13(14(10)19)15(20)17-2/h4-8H,3H2,1-2H3,(H,17,20)(H2,16,21,22). The molecule has 23 heavy (non-hydrogen) atoms. The van der Waals surface area contributed by atoms with Crippen molar-refractivity contribution >= 4 is 37.7 Å². The summed E-state index contributed by atoms with van der Waals surface area (Å²) in [5.74, 6) is -0.292. The van der Waals surface area contributed by atoms with Gasteiger partial charge in [0.2, 0.25) is 10.0 Å². The minimum absolute atomic E-state index is 0.0402. The molecule has 2 aromatic heterocycles. The molecule has 0 aliphatic carbocycles. The molecule has 0 bridgehead atoms. The monoisotopic (exact) mass is 332 g/mol. The summed E-state index contributed by atoms with van der Waals surface area (Å²) in [5.41, 5.74) is 1.81. The van der Waals surface area contributed by atoms with Crippen molar-refractivity contribution in [3.63, 3.8) is 0 Å². The third kappa shape index (κ3) is 2.36. The van der Waals surface area contributed by atoms with Gasteiger partial charge in [-0.1, -0.05) is 0 Å². The third-order valence-electron chi connectivity index (χ3n) is 3.83. The van der Waals surface area contributed by atoms with Crippen LogP contribution < -0.4 is 10.5 Å². The van der Waals surface area contributed by atoms with Crippen LogP contribution in [0, 0.1) is 0 Å². The minimum Gasteiger partial charge on any atom is -0.354 e. The highest BCUT2D eigenvalue weighted by molar-refractivity contribution is 7.89. The van der Waals surface area contributed by atoms with E-state index in [1.54, 1.807) is 19.2 Å². The van der Waals surface area contributed by atoms with Crippen molar-refractivity contribution in [2.45, 2.75) is 18.4 Å². The highest BCUT2D eigenvalue weighted by Gasteiger charge is 2.19. The summed E-state index contributed by atoms with van der Waals surface area (Å²) in [4.78, 5) is 16.3. The quantitative estimate of drug-likeness (QED) is 0.752. The van der Waals surface area contributed by atoms with E-state index in [-0.39, 0.29) is 10.8 Å². The van der Waals surface area contributed by atoms with Crippen LogP contribution in [0.2, 0.25) is 0 Å². The van der Waals surface area contributed by atoms with Crippen molar-refractivity contribution in [1.29, 1.82) is 0 Å². The molecule has 0 saturated carbocycles. The number of amides is 1. The van der Waals surface area contributed by atoms with Crippen molar-refractivity contribution in [1.82, 2.24) is 14.9 Å². The van der Waals surface area contributed by atoms with E-state index >= 15 is 0 Å². The van der Waals surface area contributed by atoms with Crippen LogP contribution in [0.4, 0.5) is 0 Å². The first-order chi connectivity index (χ1) is 10.9. The predicted octanol–water partition coefficient (Wildman–Crippen LogP) is 1.22. The van der Waals surface area contributed by atoms with Gasteiger partial charge in [0, 0.05) is 36.1 Å². The van der Waals surface area contributed by atoms with Gasteiger partial charge in [0.05, 0.1) is 10.4 Å². The molecule has 0 radical (unpaired) electrons. The Hall–Kier alpha value is -2.45. The molecule has 2 heterocycles. The Balaban J connectivity index is 2.49. The van der Waals surface area contributed by atoms with Crippen molar-refractivity contribution in [3.05, 3.63) is 36.2 Å². The van der Waals surface area contributed by atoms with Gasteiger partial charge in [0.15, 0.2) is 5.69 Å². The Kier molecular flexibility index (Phi) is 3.57. The number of rotatable bonds is 3. The Labute approximate surface area is 133 Å². The molecule has 3 N–H and O–H groups in total. The molecule has 7 nitrogen and oxygen atoms in total. The lowest BCUT2D eigenvalue weighted by atomic mass is 10.1. The fourth-order valence-corrected chi connectivity index (χ4v) is 3.36. The number of pyridine rings is 1. The Bertz CT molecular complexity index is 1040. The minimum atomic E-state index is -3.80. The average molecular weight is 332 g/mol. The zero-order valence-corrected chi connectivity index (χ0v) is 13.5. The predicted molar refractivity (Wildman–Crippen MR) is 87.7 cm³/mol. The molecule has 0 fully saturated rings. The van der Waals surface area contributed by atoms with Crippen LogP contribution in [0.1, 0.15) is 17.4 Å². The third-order valence-corrected chi connectivity index (χ3v) is 4.74. The number of benzene rings is 1. The number of nitrogens with two attached hydrogens (primary N) is 1. The second-order valence-electron chi connectivity index (χ2n) is 5.10. The number of hydrogen-bond acceptors (Lipinski definition) is 4. The van der Waals surface area contributed by atoms with E-state index in [1.807, 2.05) is 11.5 Å². The fourth-order valence-electron chi connectivity index (χ4n) is 2.82. The molecule has 1 aromatic carbocycles. The first-order valence-corrected chi connectivity index (χ1v) is 8.59. The van der Waals surface area contributed by atoms with Crippen molar-refractivity contribution in [2.24, 2.45) is 5.14 Å². The number of hydrogen-bond donors (Lipinski definition) is 2. The Morgan fingerprint density at radius 3 is 2.65 bits per heavy atom. The molecule has 120 valence electrons. The smallest absolute Gasteiger partial charge is 0.271 e. The molecule has 3 aromatic rings. The highest BCUT2D eigenvalue weighted by Crippen LogP contribution is 2.31. The maximum atomic E-state index is 12.1. The first-order valence-electron chi connectivity index (χ1n) is 7.04. The maximum Gasteiger partial charge on any atom is 0.271 e. The maximum absolute atomic E-state index is 12.1. The van der Waals surface area contributed by atoms with E-state index in [2.05, 4.69) is 10.3 Å². The van der Waals surface area contributed by atoms with Gasteiger partial charge in [-0.2, -0.15) is 0 Å². The molecule has 0 aliphatic heterocycles. The summed E-state index contributed by atoms with van der Waals surface area (Å²) in [6.07, 6.45) is 1.54. The molecule has 0 aliphatic rings. The van der Waals surface area contributed by atoms with E-state index in [4.69, 9.17) is 5.14 Å². The second-order valence-corrected chi connectivity index (χ2v) is 6.66. The topological polar surface area (TPSA) is 107 Å². The van der Waals surface area contributed by atoms with Gasteiger partial charge in [0.1, 0.15) is 0 Å². The van der Waals surface area contributed by atoms with E-state index in [0.717, 1.165) is 16.3 Å². The van der Waals surface area contributed by atoms with E-state index in [1.165, 1.54) is 18.3 Å². The van der Waals surface area contributed by atoms with Crippen molar-refractivity contribution in [3.8, 4) is 0 Å². The van der Waals surface area contributed by atoms with Crippen LogP contribution in [-0.4, -0.2) is 30.9 Å². The van der Waals surface area contributed by atoms with Gasteiger partial charge >= 0.3 is 0 Å². The first kappa shape index (κ1) is 15.4. The largest absolute Gasteiger partial charge is 0.354 e. The van der Waals surface area contributed by atoms with Crippen LogP contribution in [0.25, 0.3) is 21.8 Å². The van der Waals surface area contributed by atoms with E-state index in [9.17, 15) is 13.2 Å². The molecule has 1 amide bonds. The Morgan fingerprint density at radius 2 is 2.04 bits per heavy atom. The number of carbonyl (C=O) groups excluding carboxylic acids is 1. The van der Waals surface area contributed by atoms with Gasteiger partial charge in [-0.05, 0) is 31.2 Å². The fraction of sp³-hybridized carbons (Fsp3) is 0.200. The number of nitrogens with one attached hydrogen (secondary N) is 1. The molecule has 3 rings (SSSR count). The van der Waals surface area contributed by atoms with E-state index in [0.29, 0.717) is 17.8 Å². The molecule has 0 atom stereocenters. The molecule has 8 heteroatoms. The number of fused-ring (bicyclic) bond motifs is 3. The molecular weight excluding hydrogens is 316 g/mol. The summed E-state index contributed by atoms with van der Waals surface area (Å²) in [6.45, 7) is 2.57.